The number of ether oxygens (including phenoxy) is 1. The van der Waals surface area contributed by atoms with Gasteiger partial charge in [0.05, 0.1) is 15.6 Å². The maximum Gasteiger partial charge on any atom is 0.166 e. The molecule has 39 heavy (non-hydrogen) atoms. The molecule has 6 nitrogen and oxygen atoms in total. The molecule has 2 N–H and O–H groups in total. The molecule has 1 aliphatic rings. The summed E-state index contributed by atoms with van der Waals surface area (Å²) in [5, 5.41) is 1.22. The zero-order chi connectivity index (χ0) is 28.8. The van der Waals surface area contributed by atoms with Gasteiger partial charge in [-0.2, -0.15) is 0 Å². The lowest BCUT2D eigenvalue weighted by molar-refractivity contribution is 0.102. The maximum absolute atomic E-state index is 6.37. The summed E-state index contributed by atoms with van der Waals surface area (Å²) in [5.74, 6) is 1.52. The van der Waals surface area contributed by atoms with Crippen molar-refractivity contribution in [3.8, 4) is 16.2 Å². The number of likely N-dealkylation sites (tertiary alicyclic amines) is 1. The minimum absolute atomic E-state index is 0.0723. The number of aromatic nitrogens is 3. The number of piperidine rings is 1. The molecule has 0 aromatic carbocycles. The molecule has 0 amide bonds. The molecule has 0 unspecified atom stereocenters. The molecule has 0 spiro atoms. The molecule has 1 fully saturated rings. The van der Waals surface area contributed by atoms with Crippen molar-refractivity contribution in [1.29, 1.82) is 0 Å². The number of aryl methyl sites for hydroxylation is 1. The Hall–Kier alpha value is -2.51. The quantitative estimate of drug-likeness (QED) is 0.352. The Labute approximate surface area is 239 Å². The van der Waals surface area contributed by atoms with E-state index in [0.717, 1.165) is 53.3 Å². The van der Waals surface area contributed by atoms with E-state index in [1.807, 2.05) is 18.5 Å². The molecule has 1 saturated heterocycles. The van der Waals surface area contributed by atoms with Crippen molar-refractivity contribution < 1.29 is 4.74 Å². The number of anilines is 1. The molecule has 0 radical (unpaired) electrons. The van der Waals surface area contributed by atoms with Gasteiger partial charge in [-0.25, -0.2) is 9.97 Å². The standard InChI is InChI=1S/C32H47N5OS/c1-20-15-23(26(30(2,3)4)27(36-20)31(5,6)7)19-38-24-16-22(17-34-28(24)33)25-18-35-29(39-25)21-11-13-37(14-12-21)32(8,9)10/h15-18,21H,11-14,19H2,1-10H3,(H2,33,34). The first kappa shape index (κ1) is 29.5. The molecule has 0 atom stereocenters. The zero-order valence-corrected chi connectivity index (χ0v) is 26.4. The van der Waals surface area contributed by atoms with Crippen LogP contribution in [0.1, 0.15) is 109 Å². The van der Waals surface area contributed by atoms with Crippen LogP contribution in [0.4, 0.5) is 5.82 Å². The molecule has 0 aliphatic carbocycles. The predicted octanol–water partition coefficient (Wildman–Crippen LogP) is 7.64. The van der Waals surface area contributed by atoms with Crippen LogP contribution in [0.25, 0.3) is 10.4 Å². The molecule has 1 aliphatic heterocycles. The number of hydrogen-bond donors (Lipinski definition) is 1. The van der Waals surface area contributed by atoms with Crippen molar-refractivity contribution in [2.45, 2.75) is 111 Å². The second-order valence-corrected chi connectivity index (χ2v) is 15.1. The Morgan fingerprint density at radius 2 is 1.62 bits per heavy atom. The second kappa shape index (κ2) is 10.8. The summed E-state index contributed by atoms with van der Waals surface area (Å²) in [7, 11) is 0. The van der Waals surface area contributed by atoms with Crippen molar-refractivity contribution >= 4 is 17.2 Å². The van der Waals surface area contributed by atoms with Crippen LogP contribution in [-0.4, -0.2) is 38.5 Å². The van der Waals surface area contributed by atoms with Crippen LogP contribution in [0.15, 0.2) is 24.5 Å². The smallest absolute Gasteiger partial charge is 0.166 e. The second-order valence-electron chi connectivity index (χ2n) is 14.0. The van der Waals surface area contributed by atoms with E-state index >= 15 is 0 Å². The summed E-state index contributed by atoms with van der Waals surface area (Å²) in [4.78, 5) is 17.9. The van der Waals surface area contributed by atoms with Gasteiger partial charge in [-0.05, 0) is 82.3 Å². The highest BCUT2D eigenvalue weighted by Crippen LogP contribution is 2.39. The molecular weight excluding hydrogens is 502 g/mol. The van der Waals surface area contributed by atoms with Gasteiger partial charge in [-0.1, -0.05) is 41.5 Å². The lowest BCUT2D eigenvalue weighted by Gasteiger charge is -2.40. The van der Waals surface area contributed by atoms with Gasteiger partial charge in [0.25, 0.3) is 0 Å². The first-order valence-electron chi connectivity index (χ1n) is 14.1. The number of nitrogens with two attached hydrogens (primary N) is 1. The summed E-state index contributed by atoms with van der Waals surface area (Å²) in [6.07, 6.45) is 6.11. The van der Waals surface area contributed by atoms with E-state index in [4.69, 9.17) is 20.4 Å². The van der Waals surface area contributed by atoms with E-state index in [-0.39, 0.29) is 16.4 Å². The number of thiazole rings is 1. The molecular formula is C32H47N5OS. The topological polar surface area (TPSA) is 77.2 Å². The third kappa shape index (κ3) is 6.80. The third-order valence-corrected chi connectivity index (χ3v) is 8.76. The van der Waals surface area contributed by atoms with Crippen LogP contribution in [0.3, 0.4) is 0 Å². The molecule has 0 bridgehead atoms. The third-order valence-electron chi connectivity index (χ3n) is 7.56. The van der Waals surface area contributed by atoms with E-state index in [0.29, 0.717) is 24.1 Å². The predicted molar refractivity (Wildman–Crippen MR) is 164 cm³/mol. The van der Waals surface area contributed by atoms with Gasteiger partial charge in [0, 0.05) is 40.5 Å². The average Bonchev–Trinajstić information content (AvgIpc) is 3.32. The lowest BCUT2D eigenvalue weighted by atomic mass is 9.76. The van der Waals surface area contributed by atoms with E-state index in [9.17, 15) is 0 Å². The fourth-order valence-corrected chi connectivity index (χ4v) is 6.57. The van der Waals surface area contributed by atoms with Crippen molar-refractivity contribution in [3.05, 3.63) is 52.0 Å². The summed E-state index contributed by atoms with van der Waals surface area (Å²) in [6.45, 7) is 25.0. The zero-order valence-electron chi connectivity index (χ0n) is 25.6. The molecule has 7 heteroatoms. The van der Waals surface area contributed by atoms with E-state index < -0.39 is 0 Å². The van der Waals surface area contributed by atoms with Crippen molar-refractivity contribution in [2.24, 2.45) is 0 Å². The minimum atomic E-state index is -0.0737. The van der Waals surface area contributed by atoms with Crippen LogP contribution in [0.2, 0.25) is 0 Å². The molecule has 0 saturated carbocycles. The van der Waals surface area contributed by atoms with Gasteiger partial charge >= 0.3 is 0 Å². The van der Waals surface area contributed by atoms with Gasteiger partial charge in [0.15, 0.2) is 11.6 Å². The number of nitrogens with zero attached hydrogens (tertiary/aromatic N) is 4. The van der Waals surface area contributed by atoms with Crippen molar-refractivity contribution in [2.75, 3.05) is 18.8 Å². The van der Waals surface area contributed by atoms with Crippen LogP contribution < -0.4 is 10.5 Å². The van der Waals surface area contributed by atoms with Crippen LogP contribution in [0.5, 0.6) is 5.75 Å². The first-order valence-corrected chi connectivity index (χ1v) is 15.0. The molecule has 4 heterocycles. The molecule has 3 aromatic rings. The van der Waals surface area contributed by atoms with Gasteiger partial charge in [0.1, 0.15) is 6.61 Å². The van der Waals surface area contributed by atoms with Gasteiger partial charge in [-0.15, -0.1) is 11.3 Å². The van der Waals surface area contributed by atoms with E-state index in [1.165, 1.54) is 10.6 Å². The SMILES string of the molecule is Cc1cc(COc2cc(-c3cnc(C4CCN(C(C)(C)C)CC4)s3)cnc2N)c(C(C)(C)C)c(C(C)(C)C)n1. The van der Waals surface area contributed by atoms with Crippen molar-refractivity contribution in [1.82, 2.24) is 19.9 Å². The van der Waals surface area contributed by atoms with Crippen molar-refractivity contribution in [3.63, 3.8) is 0 Å². The normalized spacial score (nSPS) is 16.1. The summed E-state index contributed by atoms with van der Waals surface area (Å²) in [5.41, 5.74) is 11.9. The first-order chi connectivity index (χ1) is 18.0. The summed E-state index contributed by atoms with van der Waals surface area (Å²) >= 11 is 1.77. The highest BCUT2D eigenvalue weighted by atomic mass is 32.1. The Kier molecular flexibility index (Phi) is 8.17. The Morgan fingerprint density at radius 1 is 0.949 bits per heavy atom. The summed E-state index contributed by atoms with van der Waals surface area (Å²) in [6, 6.07) is 4.15. The minimum Gasteiger partial charge on any atom is -0.485 e. The van der Waals surface area contributed by atoms with Crippen LogP contribution >= 0.6 is 11.3 Å². The molecule has 3 aromatic heterocycles. The number of rotatable bonds is 5. The highest BCUT2D eigenvalue weighted by molar-refractivity contribution is 7.15. The molecule has 4 rings (SSSR count). The Balaban J connectivity index is 1.55. The van der Waals surface area contributed by atoms with Gasteiger partial charge in [-0.3, -0.25) is 9.88 Å². The van der Waals surface area contributed by atoms with Crippen LogP contribution in [-0.2, 0) is 17.4 Å². The van der Waals surface area contributed by atoms with Gasteiger partial charge < -0.3 is 10.5 Å². The maximum atomic E-state index is 6.37. The average molecular weight is 550 g/mol. The van der Waals surface area contributed by atoms with Gasteiger partial charge in [0.2, 0.25) is 0 Å². The highest BCUT2D eigenvalue weighted by Gasteiger charge is 2.31. The fraction of sp³-hybridized carbons (Fsp3) is 0.594. The van der Waals surface area contributed by atoms with Crippen LogP contribution in [0, 0.1) is 6.92 Å². The van der Waals surface area contributed by atoms with E-state index in [2.05, 4.69) is 85.2 Å². The number of hydrogen-bond acceptors (Lipinski definition) is 7. The number of nitrogen functional groups attached to an aromatic ring is 1. The lowest BCUT2D eigenvalue weighted by Crippen LogP contribution is -2.45. The number of pyridine rings is 2. The summed E-state index contributed by atoms with van der Waals surface area (Å²) < 4.78 is 6.37. The Morgan fingerprint density at radius 3 is 2.21 bits per heavy atom. The molecule has 212 valence electrons. The monoisotopic (exact) mass is 549 g/mol. The fourth-order valence-electron chi connectivity index (χ4n) is 5.50. The Bertz CT molecular complexity index is 1300. The van der Waals surface area contributed by atoms with E-state index in [1.54, 1.807) is 11.3 Å². The largest absolute Gasteiger partial charge is 0.485 e.